The van der Waals surface area contributed by atoms with Gasteiger partial charge in [0.2, 0.25) is 6.79 Å². The van der Waals surface area contributed by atoms with Crippen molar-refractivity contribution in [2.24, 2.45) is 0 Å². The number of carboxylic acids is 1. The SMILES string of the molecule is CCCOc1ccc2c(c1)c(=O)c(Cc1cccc(C(=O)OCC)c1)c(C(=O)O)n2Cc1cc2c(cc1CC)OCO2. The Bertz CT molecular complexity index is 1720. The van der Waals surface area contributed by atoms with E-state index >= 15 is 0 Å². The van der Waals surface area contributed by atoms with Crippen LogP contribution >= 0.6 is 0 Å². The van der Waals surface area contributed by atoms with Crippen LogP contribution in [0.3, 0.4) is 0 Å². The van der Waals surface area contributed by atoms with Crippen LogP contribution in [0.2, 0.25) is 0 Å². The van der Waals surface area contributed by atoms with E-state index in [4.69, 9.17) is 18.9 Å². The molecule has 0 atom stereocenters. The number of nitrogens with zero attached hydrogens (tertiary/aromatic N) is 1. The second-order valence-electron chi connectivity index (χ2n) is 10.0. The van der Waals surface area contributed by atoms with Crippen LogP contribution in [0.1, 0.15) is 70.3 Å². The molecule has 0 radical (unpaired) electrons. The Hall–Kier alpha value is -4.79. The molecule has 0 fully saturated rings. The van der Waals surface area contributed by atoms with Crippen molar-refractivity contribution in [3.05, 3.63) is 98.3 Å². The van der Waals surface area contributed by atoms with Gasteiger partial charge in [-0.15, -0.1) is 0 Å². The fourth-order valence-electron chi connectivity index (χ4n) is 5.27. The molecule has 1 aliphatic rings. The molecule has 218 valence electrons. The normalized spacial score (nSPS) is 12.0. The lowest BCUT2D eigenvalue weighted by atomic mass is 9.97. The van der Waals surface area contributed by atoms with E-state index in [0.717, 1.165) is 17.5 Å². The first-order valence-corrected chi connectivity index (χ1v) is 14.1. The summed E-state index contributed by atoms with van der Waals surface area (Å²) in [4.78, 5) is 39.3. The third-order valence-electron chi connectivity index (χ3n) is 7.23. The Balaban J connectivity index is 1.71. The van der Waals surface area contributed by atoms with Crippen LogP contribution in [0.5, 0.6) is 17.2 Å². The van der Waals surface area contributed by atoms with Gasteiger partial charge in [0.1, 0.15) is 11.4 Å². The molecule has 2 heterocycles. The largest absolute Gasteiger partial charge is 0.494 e. The molecule has 0 spiro atoms. The monoisotopic (exact) mass is 571 g/mol. The maximum Gasteiger partial charge on any atom is 0.352 e. The molecule has 3 aromatic carbocycles. The van der Waals surface area contributed by atoms with E-state index in [-0.39, 0.29) is 37.6 Å². The minimum absolute atomic E-state index is 0.00543. The van der Waals surface area contributed by atoms with Crippen molar-refractivity contribution in [1.29, 1.82) is 0 Å². The molecule has 0 bridgehead atoms. The van der Waals surface area contributed by atoms with E-state index in [1.165, 1.54) is 0 Å². The van der Waals surface area contributed by atoms with Crippen molar-refractivity contribution in [2.45, 2.75) is 46.6 Å². The Morgan fingerprint density at radius 1 is 0.976 bits per heavy atom. The Kier molecular flexibility index (Phi) is 8.47. The van der Waals surface area contributed by atoms with Gasteiger partial charge < -0.3 is 28.6 Å². The number of aromatic nitrogens is 1. The minimum atomic E-state index is -1.23. The number of hydrogen-bond donors (Lipinski definition) is 1. The van der Waals surface area contributed by atoms with E-state index in [0.29, 0.717) is 52.3 Å². The summed E-state index contributed by atoms with van der Waals surface area (Å²) in [5.74, 6) is 0.0649. The number of aryl methyl sites for hydroxylation is 1. The lowest BCUT2D eigenvalue weighted by Crippen LogP contribution is -2.25. The van der Waals surface area contributed by atoms with Gasteiger partial charge in [0, 0.05) is 23.9 Å². The van der Waals surface area contributed by atoms with Crippen molar-refractivity contribution in [2.75, 3.05) is 20.0 Å². The number of carboxylic acid groups (broad SMARTS) is 1. The van der Waals surface area contributed by atoms with Crippen molar-refractivity contribution in [3.63, 3.8) is 0 Å². The van der Waals surface area contributed by atoms with E-state index in [1.807, 2.05) is 26.0 Å². The zero-order valence-electron chi connectivity index (χ0n) is 23.9. The zero-order chi connectivity index (χ0) is 29.8. The van der Waals surface area contributed by atoms with E-state index in [9.17, 15) is 19.5 Å². The third-order valence-corrected chi connectivity index (χ3v) is 7.23. The number of benzene rings is 3. The van der Waals surface area contributed by atoms with Crippen molar-refractivity contribution in [1.82, 2.24) is 4.57 Å². The quantitative estimate of drug-likeness (QED) is 0.232. The summed E-state index contributed by atoms with van der Waals surface area (Å²) in [6.07, 6.45) is 1.49. The third kappa shape index (κ3) is 5.68. The average Bonchev–Trinajstić information content (AvgIpc) is 3.45. The highest BCUT2D eigenvalue weighted by Crippen LogP contribution is 2.36. The molecule has 9 nitrogen and oxygen atoms in total. The standard InChI is InChI=1S/C33H33NO8/c1-4-12-40-24-10-11-27-25(17-24)31(35)26(14-20-8-7-9-22(13-20)33(38)39-6-3)30(32(36)37)34(27)18-23-16-29-28(41-19-42-29)15-21(23)5-2/h7-11,13,15-17H,4-6,12,14,18-19H2,1-3H3,(H,36,37). The average molecular weight is 572 g/mol. The second-order valence-corrected chi connectivity index (χ2v) is 10.0. The summed E-state index contributed by atoms with van der Waals surface area (Å²) in [5.41, 5.74) is 2.86. The van der Waals surface area contributed by atoms with Gasteiger partial charge in [0.05, 0.1) is 24.3 Å². The highest BCUT2D eigenvalue weighted by atomic mass is 16.7. The Morgan fingerprint density at radius 2 is 1.74 bits per heavy atom. The molecule has 0 amide bonds. The number of carbonyl (C=O) groups is 2. The summed E-state index contributed by atoms with van der Waals surface area (Å²) in [7, 11) is 0. The summed E-state index contributed by atoms with van der Waals surface area (Å²) < 4.78 is 23.8. The maximum atomic E-state index is 14.0. The Morgan fingerprint density at radius 3 is 2.43 bits per heavy atom. The van der Waals surface area contributed by atoms with Crippen LogP contribution in [-0.2, 0) is 24.1 Å². The van der Waals surface area contributed by atoms with Crippen molar-refractivity contribution >= 4 is 22.8 Å². The molecule has 0 saturated carbocycles. The lowest BCUT2D eigenvalue weighted by molar-refractivity contribution is 0.0525. The van der Waals surface area contributed by atoms with E-state index < -0.39 is 17.4 Å². The number of ether oxygens (including phenoxy) is 4. The highest BCUT2D eigenvalue weighted by molar-refractivity contribution is 5.93. The van der Waals surface area contributed by atoms with Gasteiger partial charge in [0.15, 0.2) is 16.9 Å². The van der Waals surface area contributed by atoms with Gasteiger partial charge in [-0.3, -0.25) is 4.79 Å². The fraction of sp³-hybridized carbons (Fsp3) is 0.303. The number of fused-ring (bicyclic) bond motifs is 2. The molecule has 9 heteroatoms. The van der Waals surface area contributed by atoms with Crippen LogP contribution in [0.4, 0.5) is 0 Å². The molecular formula is C33H33NO8. The van der Waals surface area contributed by atoms with Crippen LogP contribution in [-0.4, -0.2) is 41.6 Å². The first-order chi connectivity index (χ1) is 20.3. The van der Waals surface area contributed by atoms with Gasteiger partial charge in [-0.25, -0.2) is 9.59 Å². The first kappa shape index (κ1) is 28.7. The van der Waals surface area contributed by atoms with E-state index in [2.05, 4.69) is 0 Å². The van der Waals surface area contributed by atoms with Gasteiger partial charge in [-0.1, -0.05) is 26.0 Å². The number of aromatic carboxylic acids is 1. The van der Waals surface area contributed by atoms with Crippen LogP contribution in [0.15, 0.2) is 59.4 Å². The molecule has 0 aliphatic carbocycles. The van der Waals surface area contributed by atoms with Crippen molar-refractivity contribution < 1.29 is 33.6 Å². The Labute approximate surface area is 243 Å². The first-order valence-electron chi connectivity index (χ1n) is 14.1. The summed E-state index contributed by atoms with van der Waals surface area (Å²) in [6.45, 7) is 6.75. The lowest BCUT2D eigenvalue weighted by Gasteiger charge is -2.20. The molecule has 1 aliphatic heterocycles. The van der Waals surface area contributed by atoms with Gasteiger partial charge >= 0.3 is 11.9 Å². The molecular weight excluding hydrogens is 538 g/mol. The molecule has 1 N–H and O–H groups in total. The molecule has 42 heavy (non-hydrogen) atoms. The zero-order valence-corrected chi connectivity index (χ0v) is 23.9. The minimum Gasteiger partial charge on any atom is -0.494 e. The van der Waals surface area contributed by atoms with Gasteiger partial charge in [-0.2, -0.15) is 0 Å². The smallest absolute Gasteiger partial charge is 0.352 e. The number of esters is 1. The predicted molar refractivity (Wildman–Crippen MR) is 157 cm³/mol. The summed E-state index contributed by atoms with van der Waals surface area (Å²) in [5, 5.41) is 10.9. The van der Waals surface area contributed by atoms with Crippen LogP contribution < -0.4 is 19.6 Å². The highest BCUT2D eigenvalue weighted by Gasteiger charge is 2.25. The van der Waals surface area contributed by atoms with Crippen LogP contribution in [0, 0.1) is 0 Å². The van der Waals surface area contributed by atoms with E-state index in [1.54, 1.807) is 54.0 Å². The number of pyridine rings is 1. The number of hydrogen-bond acceptors (Lipinski definition) is 7. The fourth-order valence-corrected chi connectivity index (χ4v) is 5.27. The molecule has 0 unspecified atom stereocenters. The predicted octanol–water partition coefficient (Wildman–Crippen LogP) is 5.60. The van der Waals surface area contributed by atoms with Crippen molar-refractivity contribution in [3.8, 4) is 17.2 Å². The summed E-state index contributed by atoms with van der Waals surface area (Å²) >= 11 is 0. The summed E-state index contributed by atoms with van der Waals surface area (Å²) in [6, 6.07) is 15.7. The molecule has 1 aromatic heterocycles. The van der Waals surface area contributed by atoms with Gasteiger partial charge in [-0.05, 0) is 78.9 Å². The number of carbonyl (C=O) groups excluding carboxylic acids is 1. The molecule has 4 aromatic rings. The topological polar surface area (TPSA) is 113 Å². The molecule has 5 rings (SSSR count). The molecule has 0 saturated heterocycles. The van der Waals surface area contributed by atoms with Crippen LogP contribution in [0.25, 0.3) is 10.9 Å². The number of rotatable bonds is 11. The second kappa shape index (κ2) is 12.4. The maximum absolute atomic E-state index is 14.0. The van der Waals surface area contributed by atoms with Gasteiger partial charge in [0.25, 0.3) is 0 Å².